The fraction of sp³-hybridized carbons (Fsp3) is 1.00. The van der Waals surface area contributed by atoms with Crippen LogP contribution in [0.15, 0.2) is 0 Å². The molecular formula is C6H15NS. The monoisotopic (exact) mass is 133 g/mol. The zero-order chi connectivity index (χ0) is 6.41. The second-order valence-electron chi connectivity index (χ2n) is 1.96. The van der Waals surface area contributed by atoms with E-state index in [2.05, 4.69) is 24.9 Å². The van der Waals surface area contributed by atoms with Crippen LogP contribution in [0.1, 0.15) is 19.8 Å². The van der Waals surface area contributed by atoms with Crippen LogP contribution >= 0.6 is 12.6 Å². The Labute approximate surface area is 57.3 Å². The minimum Gasteiger partial charge on any atom is -0.316 e. The van der Waals surface area contributed by atoms with Crippen molar-refractivity contribution in [2.75, 3.05) is 12.8 Å². The third-order valence-electron chi connectivity index (χ3n) is 1.27. The average molecular weight is 133 g/mol. The lowest BCUT2D eigenvalue weighted by atomic mass is 10.2. The molecule has 0 amide bonds. The van der Waals surface area contributed by atoms with E-state index in [0.29, 0.717) is 6.04 Å². The maximum absolute atomic E-state index is 4.17. The maximum atomic E-state index is 4.17. The Kier molecular flexibility index (Phi) is 5.66. The van der Waals surface area contributed by atoms with Crippen molar-refractivity contribution in [2.45, 2.75) is 25.8 Å². The van der Waals surface area contributed by atoms with E-state index >= 15 is 0 Å². The summed E-state index contributed by atoms with van der Waals surface area (Å²) in [7, 11) is 1.98. The first kappa shape index (κ1) is 8.31. The quantitative estimate of drug-likeness (QED) is 0.551. The molecule has 0 aliphatic carbocycles. The molecule has 2 heteroatoms. The van der Waals surface area contributed by atoms with Crippen LogP contribution in [0.2, 0.25) is 0 Å². The fourth-order valence-corrected chi connectivity index (χ4v) is 1.04. The fourth-order valence-electron chi connectivity index (χ4n) is 0.675. The minimum absolute atomic E-state index is 0.614. The molecule has 0 rings (SSSR count). The van der Waals surface area contributed by atoms with Gasteiger partial charge in [-0.05, 0) is 13.5 Å². The van der Waals surface area contributed by atoms with E-state index in [1.807, 2.05) is 7.05 Å². The zero-order valence-electron chi connectivity index (χ0n) is 5.65. The van der Waals surface area contributed by atoms with E-state index < -0.39 is 0 Å². The molecule has 0 aromatic heterocycles. The lowest BCUT2D eigenvalue weighted by molar-refractivity contribution is 0.566. The van der Waals surface area contributed by atoms with Crippen LogP contribution in [0.5, 0.6) is 0 Å². The topological polar surface area (TPSA) is 12.0 Å². The normalized spacial score (nSPS) is 13.9. The Morgan fingerprint density at radius 2 is 2.25 bits per heavy atom. The summed E-state index contributed by atoms with van der Waals surface area (Å²) < 4.78 is 0. The molecule has 0 radical (unpaired) electrons. The molecule has 0 bridgehead atoms. The number of nitrogens with one attached hydrogen (secondary N) is 1. The van der Waals surface area contributed by atoms with E-state index in [9.17, 15) is 0 Å². The highest BCUT2D eigenvalue weighted by Gasteiger charge is 1.98. The van der Waals surface area contributed by atoms with Crippen LogP contribution < -0.4 is 5.32 Å². The highest BCUT2D eigenvalue weighted by molar-refractivity contribution is 7.80. The Balaban J connectivity index is 3.07. The molecule has 0 aliphatic heterocycles. The van der Waals surface area contributed by atoms with Crippen molar-refractivity contribution in [3.63, 3.8) is 0 Å². The summed E-state index contributed by atoms with van der Waals surface area (Å²) >= 11 is 4.17. The van der Waals surface area contributed by atoms with Crippen LogP contribution in [0.4, 0.5) is 0 Å². The highest BCUT2D eigenvalue weighted by Crippen LogP contribution is 1.96. The lowest BCUT2D eigenvalue weighted by Gasteiger charge is -2.09. The molecule has 1 N–H and O–H groups in total. The molecule has 0 aliphatic rings. The zero-order valence-corrected chi connectivity index (χ0v) is 6.54. The summed E-state index contributed by atoms with van der Waals surface area (Å²) in [5.41, 5.74) is 0. The van der Waals surface area contributed by atoms with Crippen molar-refractivity contribution in [2.24, 2.45) is 0 Å². The van der Waals surface area contributed by atoms with Gasteiger partial charge in [0.25, 0.3) is 0 Å². The van der Waals surface area contributed by atoms with Crippen molar-refractivity contribution in [3.05, 3.63) is 0 Å². The van der Waals surface area contributed by atoms with Gasteiger partial charge in [0.15, 0.2) is 0 Å². The molecule has 50 valence electrons. The molecule has 0 fully saturated rings. The smallest absolute Gasteiger partial charge is 0.0152 e. The van der Waals surface area contributed by atoms with Crippen LogP contribution in [0, 0.1) is 0 Å². The van der Waals surface area contributed by atoms with Crippen LogP contribution in [0.25, 0.3) is 0 Å². The van der Waals surface area contributed by atoms with Gasteiger partial charge < -0.3 is 5.32 Å². The second-order valence-corrected chi connectivity index (χ2v) is 2.32. The molecule has 1 atom stereocenters. The summed E-state index contributed by atoms with van der Waals surface area (Å²) in [5.74, 6) is 0.949. The second kappa shape index (κ2) is 5.45. The van der Waals surface area contributed by atoms with Gasteiger partial charge in [-0.2, -0.15) is 12.6 Å². The SMILES string of the molecule is CCCC(CS)NC. The molecule has 1 nitrogen and oxygen atoms in total. The van der Waals surface area contributed by atoms with Gasteiger partial charge in [-0.1, -0.05) is 13.3 Å². The first-order valence-corrected chi connectivity index (χ1v) is 3.76. The van der Waals surface area contributed by atoms with Crippen LogP contribution in [-0.4, -0.2) is 18.8 Å². The molecule has 1 unspecified atom stereocenters. The predicted molar refractivity (Wildman–Crippen MR) is 41.6 cm³/mol. The summed E-state index contributed by atoms with van der Waals surface area (Å²) in [4.78, 5) is 0. The third kappa shape index (κ3) is 3.33. The van der Waals surface area contributed by atoms with E-state index in [4.69, 9.17) is 0 Å². The van der Waals surface area contributed by atoms with Gasteiger partial charge in [-0.3, -0.25) is 0 Å². The van der Waals surface area contributed by atoms with Crippen LogP contribution in [0.3, 0.4) is 0 Å². The van der Waals surface area contributed by atoms with Gasteiger partial charge in [-0.25, -0.2) is 0 Å². The van der Waals surface area contributed by atoms with Gasteiger partial charge in [0.1, 0.15) is 0 Å². The van der Waals surface area contributed by atoms with E-state index in [0.717, 1.165) is 5.75 Å². The molecule has 0 saturated carbocycles. The average Bonchev–Trinajstić information content (AvgIpc) is 1.83. The van der Waals surface area contributed by atoms with Crippen LogP contribution in [-0.2, 0) is 0 Å². The predicted octanol–water partition coefficient (Wildman–Crippen LogP) is 1.30. The number of hydrogen-bond acceptors (Lipinski definition) is 2. The van der Waals surface area contributed by atoms with E-state index in [1.54, 1.807) is 0 Å². The first-order valence-electron chi connectivity index (χ1n) is 3.13. The number of thiol groups is 1. The summed E-state index contributed by atoms with van der Waals surface area (Å²) in [6.45, 7) is 2.19. The van der Waals surface area contributed by atoms with Crippen molar-refractivity contribution >= 4 is 12.6 Å². The van der Waals surface area contributed by atoms with Crippen molar-refractivity contribution in [1.82, 2.24) is 5.32 Å². The molecule has 8 heavy (non-hydrogen) atoms. The molecule has 0 aromatic rings. The molecule has 0 spiro atoms. The lowest BCUT2D eigenvalue weighted by Crippen LogP contribution is -2.26. The number of hydrogen-bond donors (Lipinski definition) is 2. The summed E-state index contributed by atoms with van der Waals surface area (Å²) in [5, 5.41) is 3.18. The molecule has 0 saturated heterocycles. The van der Waals surface area contributed by atoms with E-state index in [1.165, 1.54) is 12.8 Å². The van der Waals surface area contributed by atoms with Gasteiger partial charge in [0.2, 0.25) is 0 Å². The van der Waals surface area contributed by atoms with Gasteiger partial charge >= 0.3 is 0 Å². The maximum Gasteiger partial charge on any atom is 0.0152 e. The highest BCUT2D eigenvalue weighted by atomic mass is 32.1. The Hall–Kier alpha value is 0.310. The largest absolute Gasteiger partial charge is 0.316 e. The molecular weight excluding hydrogens is 118 g/mol. The Bertz CT molecular complexity index is 43.8. The van der Waals surface area contributed by atoms with Crippen molar-refractivity contribution in [1.29, 1.82) is 0 Å². The molecule has 0 heterocycles. The summed E-state index contributed by atoms with van der Waals surface area (Å²) in [6, 6.07) is 0.614. The Morgan fingerprint density at radius 1 is 1.62 bits per heavy atom. The van der Waals surface area contributed by atoms with Gasteiger partial charge in [0.05, 0.1) is 0 Å². The third-order valence-corrected chi connectivity index (χ3v) is 1.71. The first-order chi connectivity index (χ1) is 3.85. The Morgan fingerprint density at radius 3 is 2.38 bits per heavy atom. The van der Waals surface area contributed by atoms with Crippen molar-refractivity contribution in [3.8, 4) is 0 Å². The van der Waals surface area contributed by atoms with Gasteiger partial charge in [0, 0.05) is 11.8 Å². The van der Waals surface area contributed by atoms with Crippen molar-refractivity contribution < 1.29 is 0 Å². The number of rotatable bonds is 4. The van der Waals surface area contributed by atoms with E-state index in [-0.39, 0.29) is 0 Å². The standard InChI is InChI=1S/C6H15NS/c1-3-4-6(5-8)7-2/h6-8H,3-5H2,1-2H3. The minimum atomic E-state index is 0.614. The summed E-state index contributed by atoms with van der Waals surface area (Å²) in [6.07, 6.45) is 2.48. The molecule has 0 aromatic carbocycles. The van der Waals surface area contributed by atoms with Gasteiger partial charge in [-0.15, -0.1) is 0 Å².